The van der Waals surface area contributed by atoms with E-state index < -0.39 is 0 Å². The molecule has 0 aliphatic rings. The summed E-state index contributed by atoms with van der Waals surface area (Å²) in [6.07, 6.45) is 3.08. The molecule has 9 heteroatoms. The van der Waals surface area contributed by atoms with Gasteiger partial charge in [0.1, 0.15) is 6.26 Å². The number of aromatic nitrogens is 1. The molecular weight excluding hydrogens is 473 g/mol. The van der Waals surface area contributed by atoms with E-state index in [-0.39, 0.29) is 35.6 Å². The summed E-state index contributed by atoms with van der Waals surface area (Å²) in [4.78, 5) is 20.3. The minimum absolute atomic E-state index is 0. The van der Waals surface area contributed by atoms with Crippen LogP contribution in [0.1, 0.15) is 16.2 Å². The van der Waals surface area contributed by atoms with Gasteiger partial charge in [-0.1, -0.05) is 18.2 Å². The Morgan fingerprint density at radius 2 is 1.82 bits per heavy atom. The maximum Gasteiger partial charge on any atom is 0.287 e. The van der Waals surface area contributed by atoms with Crippen LogP contribution < -0.4 is 16.0 Å². The maximum atomic E-state index is 11.8. The molecule has 0 radical (unpaired) electrons. The Bertz CT molecular complexity index is 878. The van der Waals surface area contributed by atoms with Crippen molar-refractivity contribution in [1.29, 1.82) is 0 Å². The Morgan fingerprint density at radius 3 is 2.54 bits per heavy atom. The van der Waals surface area contributed by atoms with Crippen molar-refractivity contribution in [1.82, 2.24) is 20.9 Å². The molecule has 2 aromatic heterocycles. The first-order valence-corrected chi connectivity index (χ1v) is 8.52. The molecule has 8 nitrogen and oxygen atoms in total. The number of amides is 1. The average Bonchev–Trinajstić information content (AvgIpc) is 3.40. The average molecular weight is 495 g/mol. The van der Waals surface area contributed by atoms with Gasteiger partial charge < -0.3 is 24.8 Å². The van der Waals surface area contributed by atoms with Crippen LogP contribution in [-0.2, 0) is 6.54 Å². The molecule has 0 spiro atoms. The summed E-state index contributed by atoms with van der Waals surface area (Å²) < 4.78 is 10.5. The SMILES string of the molecule is CN=C(NCCNC(=O)c1ccco1)NCc1coc(-c2ccccc2)n1.I. The molecule has 3 aromatic rings. The molecule has 0 atom stereocenters. The van der Waals surface area contributed by atoms with Gasteiger partial charge in [0.2, 0.25) is 5.89 Å². The van der Waals surface area contributed by atoms with Gasteiger partial charge in [-0.2, -0.15) is 0 Å². The Labute approximate surface area is 179 Å². The van der Waals surface area contributed by atoms with Crippen LogP contribution in [0.25, 0.3) is 11.5 Å². The van der Waals surface area contributed by atoms with Crippen molar-refractivity contribution in [3.8, 4) is 11.5 Å². The molecular formula is C19H22IN5O3. The lowest BCUT2D eigenvalue weighted by atomic mass is 10.2. The number of oxazole rings is 1. The van der Waals surface area contributed by atoms with Gasteiger partial charge in [0.15, 0.2) is 11.7 Å². The summed E-state index contributed by atoms with van der Waals surface area (Å²) in [6.45, 7) is 1.41. The Morgan fingerprint density at radius 1 is 1.04 bits per heavy atom. The molecule has 0 aliphatic heterocycles. The highest BCUT2D eigenvalue weighted by Gasteiger charge is 2.08. The van der Waals surface area contributed by atoms with Crippen molar-refractivity contribution >= 4 is 35.8 Å². The van der Waals surface area contributed by atoms with Crippen molar-refractivity contribution in [3.63, 3.8) is 0 Å². The fraction of sp³-hybridized carbons (Fsp3) is 0.211. The summed E-state index contributed by atoms with van der Waals surface area (Å²) in [5.74, 6) is 1.22. The van der Waals surface area contributed by atoms with Gasteiger partial charge in [-0.05, 0) is 24.3 Å². The number of aliphatic imine (C=N–C) groups is 1. The predicted molar refractivity (Wildman–Crippen MR) is 117 cm³/mol. The van der Waals surface area contributed by atoms with Crippen molar-refractivity contribution in [2.24, 2.45) is 4.99 Å². The number of benzene rings is 1. The zero-order valence-electron chi connectivity index (χ0n) is 15.3. The third-order valence-electron chi connectivity index (χ3n) is 3.68. The number of hydrogen-bond donors (Lipinski definition) is 3. The lowest BCUT2D eigenvalue weighted by Gasteiger charge is -2.11. The summed E-state index contributed by atoms with van der Waals surface area (Å²) >= 11 is 0. The third kappa shape index (κ3) is 6.12. The molecule has 0 saturated heterocycles. The minimum Gasteiger partial charge on any atom is -0.459 e. The number of rotatable bonds is 7. The molecule has 0 saturated carbocycles. The fourth-order valence-electron chi connectivity index (χ4n) is 2.35. The van der Waals surface area contributed by atoms with Gasteiger partial charge in [0.25, 0.3) is 5.91 Å². The first-order chi connectivity index (χ1) is 13.3. The molecule has 148 valence electrons. The number of hydrogen-bond acceptors (Lipinski definition) is 5. The molecule has 1 aromatic carbocycles. The van der Waals surface area contributed by atoms with E-state index in [1.807, 2.05) is 30.3 Å². The molecule has 3 N–H and O–H groups in total. The van der Waals surface area contributed by atoms with Crippen LogP contribution in [0.3, 0.4) is 0 Å². The number of carbonyl (C=O) groups is 1. The summed E-state index contributed by atoms with van der Waals surface area (Å²) in [6, 6.07) is 13.0. The van der Waals surface area contributed by atoms with E-state index >= 15 is 0 Å². The van der Waals surface area contributed by atoms with Crippen LogP contribution in [0, 0.1) is 0 Å². The second kappa shape index (κ2) is 11.1. The van der Waals surface area contributed by atoms with Gasteiger partial charge in [0, 0.05) is 25.7 Å². The highest BCUT2D eigenvalue weighted by molar-refractivity contribution is 14.0. The number of nitrogens with zero attached hydrogens (tertiary/aromatic N) is 2. The number of halogens is 1. The number of nitrogens with one attached hydrogen (secondary N) is 3. The van der Waals surface area contributed by atoms with E-state index in [1.165, 1.54) is 6.26 Å². The fourth-order valence-corrected chi connectivity index (χ4v) is 2.35. The molecule has 2 heterocycles. The zero-order valence-corrected chi connectivity index (χ0v) is 17.7. The van der Waals surface area contributed by atoms with Gasteiger partial charge in [-0.15, -0.1) is 24.0 Å². The highest BCUT2D eigenvalue weighted by Crippen LogP contribution is 2.17. The van der Waals surface area contributed by atoms with E-state index in [1.54, 1.807) is 25.4 Å². The van der Waals surface area contributed by atoms with Gasteiger partial charge >= 0.3 is 0 Å². The van der Waals surface area contributed by atoms with Crippen LogP contribution in [0.4, 0.5) is 0 Å². The summed E-state index contributed by atoms with van der Waals surface area (Å²) in [5.41, 5.74) is 1.70. The zero-order chi connectivity index (χ0) is 18.9. The summed E-state index contributed by atoms with van der Waals surface area (Å²) in [5, 5.41) is 9.02. The standard InChI is InChI=1S/C19H21N5O3.HI/c1-20-19(22-10-9-21-17(25)16-8-5-11-26-16)23-12-15-13-27-18(24-15)14-6-3-2-4-7-14;/h2-8,11,13H,9-10,12H2,1H3,(H,21,25)(H2,20,22,23);1H. The summed E-state index contributed by atoms with van der Waals surface area (Å²) in [7, 11) is 1.68. The molecule has 0 unspecified atom stereocenters. The Balaban J connectivity index is 0.00000280. The predicted octanol–water partition coefficient (Wildman–Crippen LogP) is 2.65. The largest absolute Gasteiger partial charge is 0.459 e. The molecule has 3 rings (SSSR count). The second-order valence-electron chi connectivity index (χ2n) is 5.60. The van der Waals surface area contributed by atoms with E-state index in [9.17, 15) is 4.79 Å². The van der Waals surface area contributed by atoms with E-state index in [0.29, 0.717) is 31.5 Å². The van der Waals surface area contributed by atoms with Crippen LogP contribution in [-0.4, -0.2) is 37.0 Å². The van der Waals surface area contributed by atoms with Crippen LogP contribution in [0.2, 0.25) is 0 Å². The third-order valence-corrected chi connectivity index (χ3v) is 3.68. The van der Waals surface area contributed by atoms with Crippen LogP contribution >= 0.6 is 24.0 Å². The van der Waals surface area contributed by atoms with Crippen molar-refractivity contribution in [2.45, 2.75) is 6.54 Å². The first kappa shape index (κ1) is 21.5. The van der Waals surface area contributed by atoms with Crippen molar-refractivity contribution < 1.29 is 13.6 Å². The van der Waals surface area contributed by atoms with Gasteiger partial charge in [-0.3, -0.25) is 9.79 Å². The van der Waals surface area contributed by atoms with Gasteiger partial charge in [-0.25, -0.2) is 4.98 Å². The molecule has 0 aliphatic carbocycles. The topological polar surface area (TPSA) is 105 Å². The Kier molecular flexibility index (Phi) is 8.53. The van der Waals surface area contributed by atoms with Gasteiger partial charge in [0.05, 0.1) is 18.5 Å². The highest BCUT2D eigenvalue weighted by atomic mass is 127. The first-order valence-electron chi connectivity index (χ1n) is 8.52. The van der Waals surface area contributed by atoms with E-state index in [4.69, 9.17) is 8.83 Å². The smallest absolute Gasteiger partial charge is 0.287 e. The van der Waals surface area contributed by atoms with Crippen LogP contribution in [0.15, 0.2) is 68.8 Å². The van der Waals surface area contributed by atoms with Crippen molar-refractivity contribution in [2.75, 3.05) is 20.1 Å². The quantitative estimate of drug-likeness (QED) is 0.202. The minimum atomic E-state index is -0.249. The van der Waals surface area contributed by atoms with E-state index in [2.05, 4.69) is 25.9 Å². The molecule has 0 bridgehead atoms. The molecule has 28 heavy (non-hydrogen) atoms. The number of furan rings is 1. The monoisotopic (exact) mass is 495 g/mol. The number of guanidine groups is 1. The van der Waals surface area contributed by atoms with Crippen LogP contribution in [0.5, 0.6) is 0 Å². The second-order valence-corrected chi connectivity index (χ2v) is 5.60. The van der Waals surface area contributed by atoms with Crippen molar-refractivity contribution in [3.05, 3.63) is 66.4 Å². The lowest BCUT2D eigenvalue weighted by Crippen LogP contribution is -2.41. The lowest BCUT2D eigenvalue weighted by molar-refractivity contribution is 0.0926. The number of carbonyl (C=O) groups excluding carboxylic acids is 1. The molecule has 1 amide bonds. The maximum absolute atomic E-state index is 11.8. The molecule has 0 fully saturated rings. The Hall–Kier alpha value is -2.82. The normalized spacial score (nSPS) is 10.8. The van der Waals surface area contributed by atoms with E-state index in [0.717, 1.165) is 11.3 Å².